The molecule has 0 spiro atoms. The van der Waals surface area contributed by atoms with Crippen molar-refractivity contribution in [2.75, 3.05) is 5.75 Å². The molecule has 5 nitrogen and oxygen atoms in total. The van der Waals surface area contributed by atoms with Gasteiger partial charge in [-0.1, -0.05) is 18.7 Å². The molecule has 17 heavy (non-hydrogen) atoms. The van der Waals surface area contributed by atoms with Crippen molar-refractivity contribution in [3.05, 3.63) is 5.82 Å². The molecule has 0 radical (unpaired) electrons. The fraction of sp³-hybridized carbons (Fsp3) is 0.625. The number of aromatic nitrogens is 3. The SMILES string of the molecule is CCCn1c(SCC(=O)O)nnc1C(F)(F)F. The Labute approximate surface area is 99.0 Å². The molecule has 1 aromatic rings. The van der Waals surface area contributed by atoms with Crippen LogP contribution in [0.25, 0.3) is 0 Å². The second-order valence-corrected chi connectivity index (χ2v) is 4.08. The van der Waals surface area contributed by atoms with Crippen LogP contribution in [0.2, 0.25) is 0 Å². The molecule has 1 rings (SSSR count). The predicted octanol–water partition coefficient (Wildman–Crippen LogP) is 1.88. The van der Waals surface area contributed by atoms with Gasteiger partial charge in [0.15, 0.2) is 5.16 Å². The monoisotopic (exact) mass is 269 g/mol. The van der Waals surface area contributed by atoms with Gasteiger partial charge < -0.3 is 5.11 Å². The van der Waals surface area contributed by atoms with Crippen molar-refractivity contribution < 1.29 is 23.1 Å². The number of aliphatic carboxylic acids is 1. The molecule has 0 fully saturated rings. The first-order valence-corrected chi connectivity index (χ1v) is 5.69. The molecule has 1 aromatic heterocycles. The van der Waals surface area contributed by atoms with Gasteiger partial charge in [-0.15, -0.1) is 10.2 Å². The van der Waals surface area contributed by atoms with Crippen LogP contribution in [0.1, 0.15) is 19.2 Å². The largest absolute Gasteiger partial charge is 0.481 e. The second kappa shape index (κ2) is 5.39. The molecule has 0 aliphatic heterocycles. The molecule has 0 amide bonds. The highest BCUT2D eigenvalue weighted by Gasteiger charge is 2.38. The standard InChI is InChI=1S/C8H10F3N3O2S/c1-2-3-14-6(8(9,10)11)12-13-7(14)17-4-5(15)16/h2-4H2,1H3,(H,15,16). The lowest BCUT2D eigenvalue weighted by atomic mass is 10.4. The molecule has 0 aliphatic rings. The third-order valence-electron chi connectivity index (χ3n) is 1.74. The summed E-state index contributed by atoms with van der Waals surface area (Å²) in [6, 6.07) is 0. The lowest BCUT2D eigenvalue weighted by molar-refractivity contribution is -0.147. The highest BCUT2D eigenvalue weighted by Crippen LogP contribution is 2.30. The Hall–Kier alpha value is -1.25. The highest BCUT2D eigenvalue weighted by atomic mass is 32.2. The average Bonchev–Trinajstić information content (AvgIpc) is 2.58. The zero-order valence-electron chi connectivity index (χ0n) is 8.86. The number of carbonyl (C=O) groups is 1. The summed E-state index contributed by atoms with van der Waals surface area (Å²) in [5.74, 6) is -2.55. The van der Waals surface area contributed by atoms with Crippen molar-refractivity contribution in [2.45, 2.75) is 31.2 Å². The van der Waals surface area contributed by atoms with E-state index >= 15 is 0 Å². The summed E-state index contributed by atoms with van der Waals surface area (Å²) in [6.07, 6.45) is -4.11. The van der Waals surface area contributed by atoms with Crippen molar-refractivity contribution in [1.82, 2.24) is 14.8 Å². The number of carboxylic acid groups (broad SMARTS) is 1. The minimum atomic E-state index is -4.58. The van der Waals surface area contributed by atoms with Gasteiger partial charge in [-0.3, -0.25) is 9.36 Å². The molecule has 0 saturated heterocycles. The van der Waals surface area contributed by atoms with Crippen LogP contribution in [0.5, 0.6) is 0 Å². The van der Waals surface area contributed by atoms with Gasteiger partial charge in [0.2, 0.25) is 5.82 Å². The van der Waals surface area contributed by atoms with Gasteiger partial charge in [0.25, 0.3) is 0 Å². The van der Waals surface area contributed by atoms with E-state index in [2.05, 4.69) is 10.2 Å². The Morgan fingerprint density at radius 2 is 2.12 bits per heavy atom. The predicted molar refractivity (Wildman–Crippen MR) is 53.7 cm³/mol. The van der Waals surface area contributed by atoms with Gasteiger partial charge in [-0.25, -0.2) is 0 Å². The van der Waals surface area contributed by atoms with Crippen molar-refractivity contribution >= 4 is 17.7 Å². The summed E-state index contributed by atoms with van der Waals surface area (Å²) in [4.78, 5) is 10.3. The van der Waals surface area contributed by atoms with Gasteiger partial charge in [-0.05, 0) is 6.42 Å². The van der Waals surface area contributed by atoms with Crippen molar-refractivity contribution in [2.24, 2.45) is 0 Å². The normalized spacial score (nSPS) is 11.8. The average molecular weight is 269 g/mol. The van der Waals surface area contributed by atoms with Crippen LogP contribution in [0.4, 0.5) is 13.2 Å². The van der Waals surface area contributed by atoms with Gasteiger partial charge in [-0.2, -0.15) is 13.2 Å². The van der Waals surface area contributed by atoms with Crippen LogP contribution in [-0.4, -0.2) is 31.6 Å². The minimum absolute atomic E-state index is 0.0263. The van der Waals surface area contributed by atoms with E-state index in [1.807, 2.05) is 0 Å². The summed E-state index contributed by atoms with van der Waals surface area (Å²) < 4.78 is 38.5. The molecule has 0 bridgehead atoms. The topological polar surface area (TPSA) is 68.0 Å². The number of hydrogen-bond donors (Lipinski definition) is 1. The van der Waals surface area contributed by atoms with Crippen LogP contribution < -0.4 is 0 Å². The third-order valence-corrected chi connectivity index (χ3v) is 2.69. The summed E-state index contributed by atoms with van der Waals surface area (Å²) in [5.41, 5.74) is 0. The number of halogens is 3. The van der Waals surface area contributed by atoms with E-state index in [0.717, 1.165) is 16.3 Å². The van der Waals surface area contributed by atoms with Gasteiger partial charge in [0.1, 0.15) is 0 Å². The van der Waals surface area contributed by atoms with E-state index < -0.39 is 18.0 Å². The first-order valence-electron chi connectivity index (χ1n) is 4.71. The van der Waals surface area contributed by atoms with Crippen molar-refractivity contribution in [1.29, 1.82) is 0 Å². The van der Waals surface area contributed by atoms with E-state index in [-0.39, 0.29) is 17.5 Å². The molecule has 9 heteroatoms. The Bertz CT molecular complexity index is 405. The summed E-state index contributed by atoms with van der Waals surface area (Å²) in [7, 11) is 0. The van der Waals surface area contributed by atoms with Crippen LogP contribution in [0.3, 0.4) is 0 Å². The fourth-order valence-corrected chi connectivity index (χ4v) is 1.84. The fourth-order valence-electron chi connectivity index (χ4n) is 1.16. The molecule has 0 aliphatic carbocycles. The first kappa shape index (κ1) is 13.8. The zero-order chi connectivity index (χ0) is 13.1. The minimum Gasteiger partial charge on any atom is -0.481 e. The van der Waals surface area contributed by atoms with Crippen molar-refractivity contribution in [3.8, 4) is 0 Å². The summed E-state index contributed by atoms with van der Waals surface area (Å²) in [5, 5.41) is 14.9. The molecule has 0 saturated carbocycles. The third kappa shape index (κ3) is 3.62. The van der Waals surface area contributed by atoms with Gasteiger partial charge >= 0.3 is 12.1 Å². The number of nitrogens with zero attached hydrogens (tertiary/aromatic N) is 3. The van der Waals surface area contributed by atoms with E-state index in [1.165, 1.54) is 0 Å². The number of carboxylic acids is 1. The van der Waals surface area contributed by atoms with E-state index in [9.17, 15) is 18.0 Å². The maximum absolute atomic E-state index is 12.5. The van der Waals surface area contributed by atoms with E-state index in [4.69, 9.17) is 5.11 Å². The molecule has 0 aromatic carbocycles. The Balaban J connectivity index is 2.98. The van der Waals surface area contributed by atoms with Crippen molar-refractivity contribution in [3.63, 3.8) is 0 Å². The number of thioether (sulfide) groups is 1. The first-order chi connectivity index (χ1) is 7.86. The molecule has 96 valence electrons. The number of alkyl halides is 3. The number of hydrogen-bond acceptors (Lipinski definition) is 4. The van der Waals surface area contributed by atoms with Crippen LogP contribution in [0.15, 0.2) is 5.16 Å². The van der Waals surface area contributed by atoms with E-state index in [1.54, 1.807) is 6.92 Å². The molecule has 1 N–H and O–H groups in total. The second-order valence-electron chi connectivity index (χ2n) is 3.14. The zero-order valence-corrected chi connectivity index (χ0v) is 9.68. The number of rotatable bonds is 5. The maximum Gasteiger partial charge on any atom is 0.451 e. The quantitative estimate of drug-likeness (QED) is 0.827. The van der Waals surface area contributed by atoms with Gasteiger partial charge in [0, 0.05) is 6.54 Å². The highest BCUT2D eigenvalue weighted by molar-refractivity contribution is 7.99. The Morgan fingerprint density at radius 3 is 2.59 bits per heavy atom. The molecule has 0 atom stereocenters. The molecular weight excluding hydrogens is 259 g/mol. The molecule has 0 unspecified atom stereocenters. The Kier molecular flexibility index (Phi) is 4.38. The van der Waals surface area contributed by atoms with Crippen LogP contribution >= 0.6 is 11.8 Å². The molecule has 1 heterocycles. The van der Waals surface area contributed by atoms with Crippen LogP contribution in [0, 0.1) is 0 Å². The Morgan fingerprint density at radius 1 is 1.47 bits per heavy atom. The smallest absolute Gasteiger partial charge is 0.451 e. The molecular formula is C8H10F3N3O2S. The summed E-state index contributed by atoms with van der Waals surface area (Å²) >= 11 is 0.722. The maximum atomic E-state index is 12.5. The summed E-state index contributed by atoms with van der Waals surface area (Å²) in [6.45, 7) is 1.82. The van der Waals surface area contributed by atoms with Crippen LogP contribution in [-0.2, 0) is 17.5 Å². The lowest BCUT2D eigenvalue weighted by Crippen LogP contribution is -2.15. The lowest BCUT2D eigenvalue weighted by Gasteiger charge is -2.09. The van der Waals surface area contributed by atoms with E-state index in [0.29, 0.717) is 6.42 Å². The van der Waals surface area contributed by atoms with Gasteiger partial charge in [0.05, 0.1) is 5.75 Å².